The summed E-state index contributed by atoms with van der Waals surface area (Å²) in [5.74, 6) is -0.123. The molecule has 0 radical (unpaired) electrons. The Labute approximate surface area is 129 Å². The lowest BCUT2D eigenvalue weighted by atomic mass is 10.1. The van der Waals surface area contributed by atoms with E-state index in [1.165, 1.54) is 22.9 Å². The van der Waals surface area contributed by atoms with Crippen molar-refractivity contribution in [3.63, 3.8) is 0 Å². The highest BCUT2D eigenvalue weighted by Gasteiger charge is 2.18. The maximum absolute atomic E-state index is 13.2. The number of anilines is 1. The summed E-state index contributed by atoms with van der Waals surface area (Å²) < 4.78 is 14.5. The molecule has 0 bridgehead atoms. The van der Waals surface area contributed by atoms with Gasteiger partial charge in [0.05, 0.1) is 21.3 Å². The first-order valence-electron chi connectivity index (χ1n) is 5.86. The molecule has 1 aromatic heterocycles. The lowest BCUT2D eigenvalue weighted by Gasteiger charge is -2.09. The predicted octanol–water partition coefficient (Wildman–Crippen LogP) is 3.36. The second-order valence-corrected chi connectivity index (χ2v) is 5.03. The molecule has 106 valence electrons. The molecule has 0 amide bonds. The molecule has 0 saturated heterocycles. The Hall–Kier alpha value is -2.18. The van der Waals surface area contributed by atoms with E-state index in [9.17, 15) is 4.39 Å². The molecule has 0 aliphatic heterocycles. The normalized spacial score (nSPS) is 10.8. The molecule has 8 heteroatoms. The largest absolute Gasteiger partial charge is 0.398 e. The van der Waals surface area contributed by atoms with Gasteiger partial charge in [-0.3, -0.25) is 0 Å². The van der Waals surface area contributed by atoms with Crippen molar-refractivity contribution in [2.24, 2.45) is 0 Å². The molecule has 0 saturated carbocycles. The van der Waals surface area contributed by atoms with Gasteiger partial charge in [0.25, 0.3) is 0 Å². The molecule has 2 N–H and O–H groups in total. The number of hydrogen-bond donors (Lipinski definition) is 1. The highest BCUT2D eigenvalue weighted by molar-refractivity contribution is 6.34. The van der Waals surface area contributed by atoms with Crippen molar-refractivity contribution < 1.29 is 4.39 Å². The van der Waals surface area contributed by atoms with Crippen LogP contribution in [0.5, 0.6) is 0 Å². The minimum Gasteiger partial charge on any atom is -0.398 e. The first-order valence-corrected chi connectivity index (χ1v) is 6.61. The van der Waals surface area contributed by atoms with Gasteiger partial charge in [-0.05, 0) is 40.8 Å². The third-order valence-corrected chi connectivity index (χ3v) is 3.49. The number of rotatable bonds is 2. The Kier molecular flexibility index (Phi) is 3.48. The summed E-state index contributed by atoms with van der Waals surface area (Å²) in [7, 11) is 0. The molecule has 2 aromatic carbocycles. The topological polar surface area (TPSA) is 69.6 Å². The number of benzene rings is 2. The minimum absolute atomic E-state index is 0.175. The highest BCUT2D eigenvalue weighted by Crippen LogP contribution is 2.33. The summed E-state index contributed by atoms with van der Waals surface area (Å²) >= 11 is 12.2. The van der Waals surface area contributed by atoms with Gasteiger partial charge in [-0.2, -0.15) is 4.68 Å². The maximum Gasteiger partial charge on any atom is 0.190 e. The van der Waals surface area contributed by atoms with E-state index < -0.39 is 5.82 Å². The Morgan fingerprint density at radius 2 is 1.90 bits per heavy atom. The zero-order chi connectivity index (χ0) is 15.0. The third kappa shape index (κ3) is 2.43. The minimum atomic E-state index is -0.448. The van der Waals surface area contributed by atoms with Crippen LogP contribution in [0.4, 0.5) is 10.1 Å². The van der Waals surface area contributed by atoms with Crippen LogP contribution in [-0.4, -0.2) is 20.2 Å². The summed E-state index contributed by atoms with van der Waals surface area (Å²) in [6, 6.07) is 9.01. The van der Waals surface area contributed by atoms with Gasteiger partial charge in [0, 0.05) is 5.69 Å². The quantitative estimate of drug-likeness (QED) is 0.734. The van der Waals surface area contributed by atoms with Crippen LogP contribution in [0.2, 0.25) is 10.0 Å². The van der Waals surface area contributed by atoms with Crippen molar-refractivity contribution in [3.05, 3.63) is 52.3 Å². The third-order valence-electron chi connectivity index (χ3n) is 2.88. The maximum atomic E-state index is 13.2. The van der Waals surface area contributed by atoms with Crippen LogP contribution in [0.15, 0.2) is 36.4 Å². The van der Waals surface area contributed by atoms with Gasteiger partial charge in [0.15, 0.2) is 5.82 Å². The van der Waals surface area contributed by atoms with Crippen molar-refractivity contribution in [2.75, 3.05) is 5.73 Å². The average molecular weight is 324 g/mol. The molecule has 0 atom stereocenters. The lowest BCUT2D eigenvalue weighted by Crippen LogP contribution is -2.03. The number of nitrogens with two attached hydrogens (primary N) is 1. The number of hydrogen-bond acceptors (Lipinski definition) is 4. The van der Waals surface area contributed by atoms with Gasteiger partial charge in [-0.1, -0.05) is 29.3 Å². The van der Waals surface area contributed by atoms with Crippen LogP contribution >= 0.6 is 23.2 Å². The predicted molar refractivity (Wildman–Crippen MR) is 79.0 cm³/mol. The number of halogens is 3. The fourth-order valence-corrected chi connectivity index (χ4v) is 2.45. The molecular weight excluding hydrogens is 316 g/mol. The Morgan fingerprint density at radius 1 is 1.10 bits per heavy atom. The molecule has 0 unspecified atom stereocenters. The molecule has 0 spiro atoms. The van der Waals surface area contributed by atoms with E-state index in [1.807, 2.05) is 0 Å². The lowest BCUT2D eigenvalue weighted by molar-refractivity contribution is 0.627. The van der Waals surface area contributed by atoms with E-state index in [-0.39, 0.29) is 5.02 Å². The van der Waals surface area contributed by atoms with Crippen molar-refractivity contribution >= 4 is 28.9 Å². The van der Waals surface area contributed by atoms with Gasteiger partial charge in [0.2, 0.25) is 0 Å². The van der Waals surface area contributed by atoms with Gasteiger partial charge < -0.3 is 5.73 Å². The zero-order valence-electron chi connectivity index (χ0n) is 10.5. The van der Waals surface area contributed by atoms with Crippen LogP contribution < -0.4 is 5.73 Å². The van der Waals surface area contributed by atoms with Crippen molar-refractivity contribution in [3.8, 4) is 17.1 Å². The van der Waals surface area contributed by atoms with E-state index >= 15 is 0 Å². The van der Waals surface area contributed by atoms with Crippen LogP contribution in [0.3, 0.4) is 0 Å². The Morgan fingerprint density at radius 3 is 2.62 bits per heavy atom. The number of tetrazole rings is 1. The standard InChI is InChI=1S/C13H8Cl2FN5/c14-8-2-1-3-10(17)12(8)13-18-19-20-21(13)11-5-4-7(16)6-9(11)15/h1-6H,17H2. The van der Waals surface area contributed by atoms with Crippen molar-refractivity contribution in [1.29, 1.82) is 0 Å². The number of nitrogen functional groups attached to an aromatic ring is 1. The van der Waals surface area contributed by atoms with E-state index in [0.717, 1.165) is 0 Å². The fraction of sp³-hybridized carbons (Fsp3) is 0. The van der Waals surface area contributed by atoms with Crippen molar-refractivity contribution in [1.82, 2.24) is 20.2 Å². The van der Waals surface area contributed by atoms with E-state index in [2.05, 4.69) is 15.5 Å². The first-order chi connectivity index (χ1) is 10.1. The van der Waals surface area contributed by atoms with Crippen molar-refractivity contribution in [2.45, 2.75) is 0 Å². The summed E-state index contributed by atoms with van der Waals surface area (Å²) in [6.07, 6.45) is 0. The molecule has 0 aliphatic carbocycles. The summed E-state index contributed by atoms with van der Waals surface area (Å²) in [5, 5.41) is 12.0. The summed E-state index contributed by atoms with van der Waals surface area (Å²) in [6.45, 7) is 0. The summed E-state index contributed by atoms with van der Waals surface area (Å²) in [4.78, 5) is 0. The van der Waals surface area contributed by atoms with Crippen LogP contribution in [0.1, 0.15) is 0 Å². The van der Waals surface area contributed by atoms with Crippen LogP contribution in [0, 0.1) is 5.82 Å². The number of aromatic nitrogens is 4. The van der Waals surface area contributed by atoms with Gasteiger partial charge in [-0.15, -0.1) is 5.10 Å². The molecule has 3 aromatic rings. The SMILES string of the molecule is Nc1cccc(Cl)c1-c1nnnn1-c1ccc(F)cc1Cl. The van der Waals surface area contributed by atoms with Crippen LogP contribution in [-0.2, 0) is 0 Å². The monoisotopic (exact) mass is 323 g/mol. The average Bonchev–Trinajstić information content (AvgIpc) is 2.87. The van der Waals surface area contributed by atoms with Gasteiger partial charge in [0.1, 0.15) is 5.82 Å². The zero-order valence-corrected chi connectivity index (χ0v) is 12.0. The summed E-state index contributed by atoms with van der Waals surface area (Å²) in [5.41, 5.74) is 7.28. The van der Waals surface area contributed by atoms with Crippen LogP contribution in [0.25, 0.3) is 17.1 Å². The molecule has 5 nitrogen and oxygen atoms in total. The molecule has 0 fully saturated rings. The molecule has 0 aliphatic rings. The van der Waals surface area contributed by atoms with Gasteiger partial charge in [-0.25, -0.2) is 4.39 Å². The molecule has 1 heterocycles. The molecular formula is C13H8Cl2FN5. The van der Waals surface area contributed by atoms with Gasteiger partial charge >= 0.3 is 0 Å². The Balaban J connectivity index is 2.22. The second-order valence-electron chi connectivity index (χ2n) is 4.21. The molecule has 3 rings (SSSR count). The first kappa shape index (κ1) is 13.8. The van der Waals surface area contributed by atoms with E-state index in [4.69, 9.17) is 28.9 Å². The number of nitrogens with zero attached hydrogens (tertiary/aromatic N) is 4. The Bertz CT molecular complexity index is 798. The van der Waals surface area contributed by atoms with E-state index in [0.29, 0.717) is 27.8 Å². The van der Waals surface area contributed by atoms with E-state index in [1.54, 1.807) is 18.2 Å². The second kappa shape index (κ2) is 5.31. The fourth-order valence-electron chi connectivity index (χ4n) is 1.94. The highest BCUT2D eigenvalue weighted by atomic mass is 35.5. The molecule has 21 heavy (non-hydrogen) atoms. The smallest absolute Gasteiger partial charge is 0.190 e.